The second kappa shape index (κ2) is 8.09. The summed E-state index contributed by atoms with van der Waals surface area (Å²) in [6, 6.07) is 3.43. The lowest BCUT2D eigenvalue weighted by Crippen LogP contribution is -2.47. The largest absolute Gasteiger partial charge is 0.506 e. The number of phenols is 1. The Kier molecular flexibility index (Phi) is 6.65. The quantitative estimate of drug-likeness (QED) is 0.642. The highest BCUT2D eigenvalue weighted by atomic mass is 35.5. The van der Waals surface area contributed by atoms with E-state index in [0.29, 0.717) is 16.0 Å². The molecule has 2 atom stereocenters. The molecule has 1 aromatic carbocycles. The van der Waals surface area contributed by atoms with E-state index in [9.17, 15) is 5.11 Å². The smallest absolute Gasteiger partial charge is 0.134 e. The molecule has 2 nitrogen and oxygen atoms in total. The summed E-state index contributed by atoms with van der Waals surface area (Å²) in [6.07, 6.45) is 6.30. The maximum absolute atomic E-state index is 9.97. The minimum absolute atomic E-state index is 0.0148. The molecule has 1 aliphatic rings. The fourth-order valence-electron chi connectivity index (χ4n) is 3.66. The Morgan fingerprint density at radius 2 is 1.96 bits per heavy atom. The maximum Gasteiger partial charge on any atom is 0.134 e. The van der Waals surface area contributed by atoms with E-state index in [1.54, 1.807) is 12.1 Å². The summed E-state index contributed by atoms with van der Waals surface area (Å²) in [5, 5.41) is 11.0. The number of rotatable bonds is 6. The van der Waals surface area contributed by atoms with Crippen LogP contribution in [0.1, 0.15) is 58.4 Å². The Morgan fingerprint density at radius 3 is 2.61 bits per heavy atom. The minimum atomic E-state index is -0.0148. The Hall–Kier alpha value is -0.440. The Morgan fingerprint density at radius 1 is 1.22 bits per heavy atom. The van der Waals surface area contributed by atoms with Gasteiger partial charge in [0.15, 0.2) is 0 Å². The van der Waals surface area contributed by atoms with Crippen molar-refractivity contribution in [3.8, 4) is 5.75 Å². The third-order valence-electron chi connectivity index (χ3n) is 5.55. The first-order chi connectivity index (χ1) is 10.9. The van der Waals surface area contributed by atoms with Gasteiger partial charge in [-0.05, 0) is 55.0 Å². The first-order valence-electron chi connectivity index (χ1n) is 8.79. The van der Waals surface area contributed by atoms with E-state index in [2.05, 4.69) is 25.7 Å². The zero-order valence-electron chi connectivity index (χ0n) is 14.5. The van der Waals surface area contributed by atoms with Crippen molar-refractivity contribution >= 4 is 23.2 Å². The van der Waals surface area contributed by atoms with Crippen molar-refractivity contribution in [2.45, 2.75) is 58.3 Å². The molecule has 0 spiro atoms. The van der Waals surface area contributed by atoms with E-state index in [4.69, 9.17) is 23.2 Å². The third-order valence-corrected chi connectivity index (χ3v) is 6.16. The van der Waals surface area contributed by atoms with Gasteiger partial charge in [-0.2, -0.15) is 0 Å². The number of hydrogen-bond donors (Lipinski definition) is 1. The molecule has 2 rings (SSSR count). The van der Waals surface area contributed by atoms with Crippen molar-refractivity contribution in [1.82, 2.24) is 4.90 Å². The summed E-state index contributed by atoms with van der Waals surface area (Å²) in [5.41, 5.74) is 1.01. The van der Waals surface area contributed by atoms with Crippen molar-refractivity contribution in [3.63, 3.8) is 0 Å². The topological polar surface area (TPSA) is 23.5 Å². The van der Waals surface area contributed by atoms with Crippen LogP contribution in [0, 0.1) is 5.92 Å². The van der Waals surface area contributed by atoms with Crippen LogP contribution >= 0.6 is 23.2 Å². The summed E-state index contributed by atoms with van der Waals surface area (Å²) in [4.78, 5) is 2.58. The predicted molar refractivity (Wildman–Crippen MR) is 99.8 cm³/mol. The van der Waals surface area contributed by atoms with Gasteiger partial charge in [-0.3, -0.25) is 0 Å². The molecule has 0 unspecified atom stereocenters. The summed E-state index contributed by atoms with van der Waals surface area (Å²) >= 11 is 12.4. The summed E-state index contributed by atoms with van der Waals surface area (Å²) in [5.74, 6) is 0.613. The number of likely N-dealkylation sites (tertiary alicyclic amines) is 1. The molecule has 4 heteroatoms. The average Bonchev–Trinajstić information content (AvgIpc) is 2.51. The van der Waals surface area contributed by atoms with Crippen LogP contribution in [-0.4, -0.2) is 29.6 Å². The molecule has 1 aliphatic heterocycles. The van der Waals surface area contributed by atoms with Gasteiger partial charge in [0.05, 0.1) is 5.02 Å². The van der Waals surface area contributed by atoms with Gasteiger partial charge in [-0.1, -0.05) is 63.2 Å². The Labute approximate surface area is 150 Å². The fourth-order valence-corrected chi connectivity index (χ4v) is 4.26. The van der Waals surface area contributed by atoms with Crippen LogP contribution in [0.4, 0.5) is 0 Å². The summed E-state index contributed by atoms with van der Waals surface area (Å²) in [6.45, 7) is 10.2. The minimum Gasteiger partial charge on any atom is -0.506 e. The zero-order chi connectivity index (χ0) is 17.0. The van der Waals surface area contributed by atoms with E-state index < -0.39 is 0 Å². The van der Waals surface area contributed by atoms with Gasteiger partial charge in [0.25, 0.3) is 0 Å². The molecule has 0 bridgehead atoms. The number of unbranched alkanes of at least 4 members (excludes halogenated alkanes) is 3. The molecule has 0 amide bonds. The second-order valence-electron chi connectivity index (χ2n) is 7.21. The van der Waals surface area contributed by atoms with Crippen LogP contribution in [0.3, 0.4) is 0 Å². The molecule has 0 aliphatic carbocycles. The van der Waals surface area contributed by atoms with Crippen molar-refractivity contribution < 1.29 is 5.11 Å². The maximum atomic E-state index is 9.97. The molecule has 23 heavy (non-hydrogen) atoms. The van der Waals surface area contributed by atoms with Crippen LogP contribution in [0.2, 0.25) is 10.0 Å². The van der Waals surface area contributed by atoms with E-state index in [-0.39, 0.29) is 11.2 Å². The summed E-state index contributed by atoms with van der Waals surface area (Å²) in [7, 11) is 0. The first kappa shape index (κ1) is 18.9. The molecule has 0 saturated carbocycles. The van der Waals surface area contributed by atoms with Crippen LogP contribution in [0.15, 0.2) is 12.1 Å². The molecule has 130 valence electrons. The van der Waals surface area contributed by atoms with Crippen molar-refractivity contribution in [1.29, 1.82) is 0 Å². The van der Waals surface area contributed by atoms with Gasteiger partial charge < -0.3 is 10.0 Å². The molecule has 1 saturated heterocycles. The van der Waals surface area contributed by atoms with Crippen LogP contribution in [-0.2, 0) is 5.41 Å². The van der Waals surface area contributed by atoms with Crippen molar-refractivity contribution in [2.75, 3.05) is 19.6 Å². The van der Waals surface area contributed by atoms with E-state index in [1.807, 2.05) is 0 Å². The van der Waals surface area contributed by atoms with E-state index in [1.165, 1.54) is 32.2 Å². The third kappa shape index (κ3) is 4.35. The van der Waals surface area contributed by atoms with Crippen LogP contribution < -0.4 is 0 Å². The van der Waals surface area contributed by atoms with Gasteiger partial charge in [-0.15, -0.1) is 0 Å². The SMILES string of the molecule is CCCCCCN1CC[C@](C)(c2cc(O)c(Cl)cc2Cl)[C@@H](C)C1. The first-order valence-corrected chi connectivity index (χ1v) is 9.55. The number of benzene rings is 1. The number of halogens is 2. The average molecular weight is 358 g/mol. The monoisotopic (exact) mass is 357 g/mol. The fraction of sp³-hybridized carbons (Fsp3) is 0.684. The van der Waals surface area contributed by atoms with Crippen molar-refractivity contribution in [2.24, 2.45) is 5.92 Å². The molecule has 1 aromatic rings. The highest BCUT2D eigenvalue weighted by Gasteiger charge is 2.39. The number of piperidine rings is 1. The molecule has 1 heterocycles. The standard InChI is InChI=1S/C19H29Cl2NO/c1-4-5-6-7-9-22-10-8-19(3,14(2)13-22)15-11-18(23)17(21)12-16(15)20/h11-12,14,23H,4-10,13H2,1-3H3/t14-,19-/m0/s1. The number of nitrogens with zero attached hydrogens (tertiary/aromatic N) is 1. The number of phenolic OH excluding ortho intramolecular Hbond substituents is 1. The Bertz CT molecular complexity index is 534. The summed E-state index contributed by atoms with van der Waals surface area (Å²) < 4.78 is 0. The molecule has 1 N–H and O–H groups in total. The van der Waals surface area contributed by atoms with Gasteiger partial charge >= 0.3 is 0 Å². The van der Waals surface area contributed by atoms with Gasteiger partial charge in [-0.25, -0.2) is 0 Å². The molecule has 0 radical (unpaired) electrons. The second-order valence-corrected chi connectivity index (χ2v) is 8.03. The number of hydrogen-bond acceptors (Lipinski definition) is 2. The lowest BCUT2D eigenvalue weighted by atomic mass is 9.68. The normalized spacial score (nSPS) is 25.7. The highest BCUT2D eigenvalue weighted by Crippen LogP contribution is 2.45. The Balaban J connectivity index is 2.05. The van der Waals surface area contributed by atoms with Crippen LogP contribution in [0.5, 0.6) is 5.75 Å². The highest BCUT2D eigenvalue weighted by molar-refractivity contribution is 6.36. The van der Waals surface area contributed by atoms with Gasteiger partial charge in [0.2, 0.25) is 0 Å². The van der Waals surface area contributed by atoms with Gasteiger partial charge in [0, 0.05) is 11.6 Å². The molecule has 1 fully saturated rings. The molecular weight excluding hydrogens is 329 g/mol. The van der Waals surface area contributed by atoms with E-state index in [0.717, 1.165) is 25.1 Å². The number of aromatic hydroxyl groups is 1. The van der Waals surface area contributed by atoms with Gasteiger partial charge in [0.1, 0.15) is 5.75 Å². The predicted octanol–water partition coefficient (Wildman–Crippen LogP) is 5.88. The lowest BCUT2D eigenvalue weighted by Gasteiger charge is -2.45. The van der Waals surface area contributed by atoms with Crippen LogP contribution in [0.25, 0.3) is 0 Å². The molecule has 0 aromatic heterocycles. The molecular formula is C19H29Cl2NO. The van der Waals surface area contributed by atoms with Crippen molar-refractivity contribution in [3.05, 3.63) is 27.7 Å². The van der Waals surface area contributed by atoms with E-state index >= 15 is 0 Å². The zero-order valence-corrected chi connectivity index (χ0v) is 16.1. The lowest BCUT2D eigenvalue weighted by molar-refractivity contribution is 0.109.